The van der Waals surface area contributed by atoms with Gasteiger partial charge in [-0.05, 0) is 31.5 Å². The highest BCUT2D eigenvalue weighted by atomic mass is 16.5. The Kier molecular flexibility index (Phi) is 7.41. The van der Waals surface area contributed by atoms with Crippen molar-refractivity contribution in [3.05, 3.63) is 35.4 Å². The van der Waals surface area contributed by atoms with Gasteiger partial charge in [0.2, 0.25) is 5.91 Å². The van der Waals surface area contributed by atoms with Crippen LogP contribution in [0.1, 0.15) is 37.4 Å². The topological polar surface area (TPSA) is 64.3 Å². The van der Waals surface area contributed by atoms with E-state index in [-0.39, 0.29) is 11.9 Å². The number of carbonyl (C=O) groups excluding carboxylic acids is 1. The number of hydrogen-bond acceptors (Lipinski definition) is 3. The summed E-state index contributed by atoms with van der Waals surface area (Å²) in [6, 6.07) is 7.75. The van der Waals surface area contributed by atoms with Crippen molar-refractivity contribution in [2.75, 3.05) is 19.8 Å². The minimum atomic E-state index is -0.0521. The van der Waals surface area contributed by atoms with Crippen molar-refractivity contribution in [1.82, 2.24) is 5.32 Å². The maximum absolute atomic E-state index is 11.7. The van der Waals surface area contributed by atoms with E-state index in [9.17, 15) is 4.79 Å². The predicted molar refractivity (Wildman–Crippen MR) is 80.0 cm³/mol. The van der Waals surface area contributed by atoms with E-state index in [4.69, 9.17) is 10.5 Å². The van der Waals surface area contributed by atoms with Gasteiger partial charge in [-0.1, -0.05) is 24.0 Å². The van der Waals surface area contributed by atoms with Gasteiger partial charge in [-0.2, -0.15) is 0 Å². The molecule has 0 radical (unpaired) electrons. The molecule has 20 heavy (non-hydrogen) atoms. The van der Waals surface area contributed by atoms with Gasteiger partial charge in [-0.3, -0.25) is 4.79 Å². The second-order valence-electron chi connectivity index (χ2n) is 4.37. The first-order chi connectivity index (χ1) is 9.67. The van der Waals surface area contributed by atoms with Crippen molar-refractivity contribution in [2.24, 2.45) is 5.73 Å². The van der Waals surface area contributed by atoms with Gasteiger partial charge in [0.15, 0.2) is 0 Å². The maximum Gasteiger partial charge on any atom is 0.222 e. The van der Waals surface area contributed by atoms with Crippen LogP contribution in [-0.2, 0) is 9.53 Å². The molecule has 0 spiro atoms. The molecule has 1 aromatic rings. The van der Waals surface area contributed by atoms with Gasteiger partial charge in [0.05, 0.1) is 19.2 Å². The van der Waals surface area contributed by atoms with Crippen LogP contribution in [-0.4, -0.2) is 25.7 Å². The van der Waals surface area contributed by atoms with Crippen LogP contribution in [0.4, 0.5) is 0 Å². The number of hydrogen-bond donors (Lipinski definition) is 2. The molecule has 1 atom stereocenters. The fourth-order valence-corrected chi connectivity index (χ4v) is 1.75. The summed E-state index contributed by atoms with van der Waals surface area (Å²) in [5, 5.41) is 2.95. The molecule has 0 fully saturated rings. The fourth-order valence-electron chi connectivity index (χ4n) is 1.75. The summed E-state index contributed by atoms with van der Waals surface area (Å²) in [6.07, 6.45) is 0.380. The lowest BCUT2D eigenvalue weighted by Crippen LogP contribution is -2.27. The van der Waals surface area contributed by atoms with Gasteiger partial charge in [-0.25, -0.2) is 0 Å². The number of carbonyl (C=O) groups is 1. The molecular formula is C16H22N2O2. The first-order valence-electron chi connectivity index (χ1n) is 6.83. The molecule has 0 aromatic heterocycles. The lowest BCUT2D eigenvalue weighted by atomic mass is 10.1. The highest BCUT2D eigenvalue weighted by Gasteiger charge is 2.09. The van der Waals surface area contributed by atoms with Crippen LogP contribution < -0.4 is 11.1 Å². The van der Waals surface area contributed by atoms with E-state index in [1.54, 1.807) is 0 Å². The third kappa shape index (κ3) is 5.87. The maximum atomic E-state index is 11.7. The van der Waals surface area contributed by atoms with E-state index in [0.717, 1.165) is 11.1 Å². The van der Waals surface area contributed by atoms with Gasteiger partial charge in [0, 0.05) is 18.6 Å². The van der Waals surface area contributed by atoms with Crippen molar-refractivity contribution in [1.29, 1.82) is 0 Å². The minimum Gasteiger partial charge on any atom is -0.381 e. The number of ether oxygens (including phenoxy) is 1. The zero-order chi connectivity index (χ0) is 14.8. The molecule has 0 saturated carbocycles. The van der Waals surface area contributed by atoms with Crippen molar-refractivity contribution in [3.63, 3.8) is 0 Å². The average Bonchev–Trinajstić information content (AvgIpc) is 2.45. The first kappa shape index (κ1) is 16.2. The van der Waals surface area contributed by atoms with Crippen LogP contribution in [0.25, 0.3) is 0 Å². The molecule has 0 saturated heterocycles. The molecule has 0 aliphatic carbocycles. The summed E-state index contributed by atoms with van der Waals surface area (Å²) in [6.45, 7) is 5.29. The Hall–Kier alpha value is -1.83. The van der Waals surface area contributed by atoms with E-state index in [0.29, 0.717) is 26.2 Å². The quantitative estimate of drug-likeness (QED) is 0.612. The second kappa shape index (κ2) is 9.13. The van der Waals surface area contributed by atoms with Gasteiger partial charge in [0.25, 0.3) is 0 Å². The molecule has 1 rings (SSSR count). The third-order valence-electron chi connectivity index (χ3n) is 2.78. The Morgan fingerprint density at radius 2 is 2.30 bits per heavy atom. The Bertz CT molecular complexity index is 489. The van der Waals surface area contributed by atoms with E-state index < -0.39 is 0 Å². The van der Waals surface area contributed by atoms with Crippen LogP contribution >= 0.6 is 0 Å². The number of rotatable bonds is 6. The van der Waals surface area contributed by atoms with Crippen LogP contribution in [0.3, 0.4) is 0 Å². The Labute approximate surface area is 120 Å². The summed E-state index contributed by atoms with van der Waals surface area (Å²) < 4.78 is 5.16. The van der Waals surface area contributed by atoms with E-state index >= 15 is 0 Å². The normalized spacial score (nSPS) is 11.3. The SMILES string of the molecule is CCOCCC(=O)NC(C)c1cccc(C#CCN)c1. The molecule has 4 nitrogen and oxygen atoms in total. The predicted octanol–water partition coefficient (Wildman–Crippen LogP) is 1.60. The zero-order valence-electron chi connectivity index (χ0n) is 12.1. The van der Waals surface area contributed by atoms with E-state index in [2.05, 4.69) is 17.2 Å². The van der Waals surface area contributed by atoms with Crippen molar-refractivity contribution in [2.45, 2.75) is 26.3 Å². The van der Waals surface area contributed by atoms with E-state index in [1.165, 1.54) is 0 Å². The average molecular weight is 274 g/mol. The number of nitrogens with one attached hydrogen (secondary N) is 1. The Morgan fingerprint density at radius 1 is 1.50 bits per heavy atom. The summed E-state index contributed by atoms with van der Waals surface area (Å²) >= 11 is 0. The molecule has 1 unspecified atom stereocenters. The fraction of sp³-hybridized carbons (Fsp3) is 0.438. The summed E-state index contributed by atoms with van der Waals surface area (Å²) in [7, 11) is 0. The number of amides is 1. The number of benzene rings is 1. The highest BCUT2D eigenvalue weighted by Crippen LogP contribution is 2.13. The van der Waals surface area contributed by atoms with Crippen molar-refractivity contribution in [3.8, 4) is 11.8 Å². The van der Waals surface area contributed by atoms with Crippen LogP contribution in [0.2, 0.25) is 0 Å². The molecule has 1 amide bonds. The van der Waals surface area contributed by atoms with E-state index in [1.807, 2.05) is 38.1 Å². The zero-order valence-corrected chi connectivity index (χ0v) is 12.1. The largest absolute Gasteiger partial charge is 0.381 e. The Balaban J connectivity index is 2.58. The highest BCUT2D eigenvalue weighted by molar-refractivity contribution is 5.76. The van der Waals surface area contributed by atoms with Gasteiger partial charge in [-0.15, -0.1) is 0 Å². The lowest BCUT2D eigenvalue weighted by molar-refractivity contribution is -0.122. The summed E-state index contributed by atoms with van der Waals surface area (Å²) in [5.74, 6) is 5.80. The molecule has 0 bridgehead atoms. The monoisotopic (exact) mass is 274 g/mol. The van der Waals surface area contributed by atoms with Crippen LogP contribution in [0, 0.1) is 11.8 Å². The molecule has 1 aromatic carbocycles. The van der Waals surface area contributed by atoms with Crippen LogP contribution in [0.5, 0.6) is 0 Å². The van der Waals surface area contributed by atoms with Gasteiger partial charge >= 0.3 is 0 Å². The standard InChI is InChI=1S/C16H22N2O2/c1-3-20-11-9-16(19)18-13(2)15-8-4-6-14(12-15)7-5-10-17/h4,6,8,12-13H,3,9-11,17H2,1-2H3,(H,18,19). The smallest absolute Gasteiger partial charge is 0.222 e. The third-order valence-corrected chi connectivity index (χ3v) is 2.78. The number of nitrogens with two attached hydrogens (primary N) is 1. The lowest BCUT2D eigenvalue weighted by Gasteiger charge is -2.14. The van der Waals surface area contributed by atoms with Crippen molar-refractivity contribution < 1.29 is 9.53 Å². The molecular weight excluding hydrogens is 252 g/mol. The molecule has 0 heterocycles. The Morgan fingerprint density at radius 3 is 3.00 bits per heavy atom. The molecule has 0 aliphatic heterocycles. The van der Waals surface area contributed by atoms with Crippen LogP contribution in [0.15, 0.2) is 24.3 Å². The van der Waals surface area contributed by atoms with Crippen molar-refractivity contribution >= 4 is 5.91 Å². The summed E-state index contributed by atoms with van der Waals surface area (Å²) in [4.78, 5) is 11.7. The second-order valence-corrected chi connectivity index (χ2v) is 4.37. The molecule has 0 aliphatic rings. The molecule has 4 heteroatoms. The van der Waals surface area contributed by atoms with Gasteiger partial charge in [0.1, 0.15) is 0 Å². The summed E-state index contributed by atoms with van der Waals surface area (Å²) in [5.41, 5.74) is 7.29. The van der Waals surface area contributed by atoms with Gasteiger partial charge < -0.3 is 15.8 Å². The molecule has 108 valence electrons. The molecule has 3 N–H and O–H groups in total. The first-order valence-corrected chi connectivity index (χ1v) is 6.83. The minimum absolute atomic E-state index is 0.00982.